The number of anilines is 1. The van der Waals surface area contributed by atoms with E-state index in [9.17, 15) is 19.7 Å². The number of ether oxygens (including phenoxy) is 1. The van der Waals surface area contributed by atoms with Gasteiger partial charge in [-0.1, -0.05) is 17.7 Å². The molecule has 0 spiro atoms. The number of halogens is 1. The van der Waals surface area contributed by atoms with Crippen molar-refractivity contribution in [1.29, 1.82) is 0 Å². The van der Waals surface area contributed by atoms with Crippen molar-refractivity contribution in [2.45, 2.75) is 0 Å². The third-order valence-electron chi connectivity index (χ3n) is 4.11. The van der Waals surface area contributed by atoms with Gasteiger partial charge in [0.15, 0.2) is 6.61 Å². The Morgan fingerprint density at radius 3 is 2.56 bits per heavy atom. The molecule has 10 heteroatoms. The summed E-state index contributed by atoms with van der Waals surface area (Å²) in [5.74, 6) is -2.14. The molecule has 0 bridgehead atoms. The number of amides is 1. The summed E-state index contributed by atoms with van der Waals surface area (Å²) in [7, 11) is 0. The summed E-state index contributed by atoms with van der Waals surface area (Å²) in [5.41, 5.74) is 0.987. The van der Waals surface area contributed by atoms with Crippen LogP contribution in [0.5, 0.6) is 0 Å². The van der Waals surface area contributed by atoms with Crippen molar-refractivity contribution >= 4 is 35.0 Å². The lowest BCUT2D eigenvalue weighted by Crippen LogP contribution is -2.49. The molecule has 2 heterocycles. The molecule has 0 saturated carbocycles. The van der Waals surface area contributed by atoms with Gasteiger partial charge in [0, 0.05) is 36.9 Å². The minimum absolute atomic E-state index is 0.319. The summed E-state index contributed by atoms with van der Waals surface area (Å²) in [4.78, 5) is 37.5. The summed E-state index contributed by atoms with van der Waals surface area (Å²) in [5, 5.41) is 11.2. The molecule has 1 aromatic carbocycles. The minimum Gasteiger partial charge on any atom is -0.450 e. The van der Waals surface area contributed by atoms with Crippen LogP contribution in [0.4, 0.5) is 11.6 Å². The first-order valence-electron chi connectivity index (χ1n) is 8.13. The van der Waals surface area contributed by atoms with Crippen LogP contribution in [-0.4, -0.2) is 54.5 Å². The molecule has 1 aromatic heterocycles. The largest absolute Gasteiger partial charge is 0.450 e. The van der Waals surface area contributed by atoms with Crippen molar-refractivity contribution in [3.05, 3.63) is 57.3 Å². The summed E-state index contributed by atoms with van der Waals surface area (Å²) in [6.07, 6.45) is 0. The molecule has 0 aliphatic carbocycles. The molecular weight excluding hydrogens is 378 g/mol. The number of nitrogens with zero attached hydrogens (tertiary/aromatic N) is 3. The highest BCUT2D eigenvalue weighted by Gasteiger charge is 2.24. The predicted molar refractivity (Wildman–Crippen MR) is 95.9 cm³/mol. The van der Waals surface area contributed by atoms with Crippen molar-refractivity contribution in [1.82, 2.24) is 4.90 Å². The molecule has 9 nitrogen and oxygen atoms in total. The van der Waals surface area contributed by atoms with Gasteiger partial charge in [-0.25, -0.2) is 4.79 Å². The van der Waals surface area contributed by atoms with Gasteiger partial charge < -0.3 is 19.0 Å². The number of esters is 1. The summed E-state index contributed by atoms with van der Waals surface area (Å²) >= 11 is 6.00. The molecule has 1 aliphatic rings. The van der Waals surface area contributed by atoms with Gasteiger partial charge in [-0.2, -0.15) is 0 Å². The second-order valence-corrected chi connectivity index (χ2v) is 6.26. The fourth-order valence-electron chi connectivity index (χ4n) is 2.71. The lowest BCUT2D eigenvalue weighted by atomic mass is 10.2. The van der Waals surface area contributed by atoms with E-state index in [-0.39, 0.29) is 11.7 Å². The topological polar surface area (TPSA) is 106 Å². The van der Waals surface area contributed by atoms with E-state index in [2.05, 4.69) is 4.90 Å². The minimum atomic E-state index is -0.922. The van der Waals surface area contributed by atoms with Gasteiger partial charge in [-0.05, 0) is 24.3 Å². The van der Waals surface area contributed by atoms with Crippen LogP contribution < -0.4 is 4.90 Å². The zero-order valence-electron chi connectivity index (χ0n) is 14.2. The number of furan rings is 1. The maximum atomic E-state index is 12.2. The van der Waals surface area contributed by atoms with Gasteiger partial charge in [0.25, 0.3) is 5.91 Å². The predicted octanol–water partition coefficient (Wildman–Crippen LogP) is 2.35. The quantitative estimate of drug-likeness (QED) is 0.436. The van der Waals surface area contributed by atoms with E-state index in [1.165, 1.54) is 0 Å². The smallest absolute Gasteiger partial charge is 0.433 e. The average molecular weight is 394 g/mol. The molecule has 1 amide bonds. The number of piperazine rings is 1. The molecule has 142 valence electrons. The first kappa shape index (κ1) is 18.7. The number of nitro groups is 1. The van der Waals surface area contributed by atoms with Gasteiger partial charge in [0.1, 0.15) is 4.92 Å². The monoisotopic (exact) mass is 393 g/mol. The first-order chi connectivity index (χ1) is 12.9. The van der Waals surface area contributed by atoms with Crippen LogP contribution in [0.1, 0.15) is 10.6 Å². The van der Waals surface area contributed by atoms with E-state index in [0.717, 1.165) is 17.8 Å². The van der Waals surface area contributed by atoms with Gasteiger partial charge in [0.05, 0.1) is 6.07 Å². The Hall–Kier alpha value is -3.07. The van der Waals surface area contributed by atoms with E-state index in [4.69, 9.17) is 20.8 Å². The van der Waals surface area contributed by atoms with Gasteiger partial charge in [-0.15, -0.1) is 0 Å². The lowest BCUT2D eigenvalue weighted by Gasteiger charge is -2.36. The summed E-state index contributed by atoms with van der Waals surface area (Å²) < 4.78 is 9.63. The van der Waals surface area contributed by atoms with Gasteiger partial charge >= 0.3 is 11.9 Å². The zero-order valence-corrected chi connectivity index (χ0v) is 14.9. The molecule has 1 fully saturated rings. The maximum Gasteiger partial charge on any atom is 0.433 e. The zero-order chi connectivity index (χ0) is 19.4. The van der Waals surface area contributed by atoms with Crippen LogP contribution in [-0.2, 0) is 9.53 Å². The number of carbonyl (C=O) groups excluding carboxylic acids is 2. The van der Waals surface area contributed by atoms with E-state index >= 15 is 0 Å². The molecule has 0 N–H and O–H groups in total. The van der Waals surface area contributed by atoms with Crippen molar-refractivity contribution in [3.8, 4) is 0 Å². The van der Waals surface area contributed by atoms with Crippen LogP contribution in [0, 0.1) is 10.1 Å². The average Bonchev–Trinajstić information content (AvgIpc) is 3.17. The molecule has 0 unspecified atom stereocenters. The third-order valence-corrected chi connectivity index (χ3v) is 4.34. The summed E-state index contributed by atoms with van der Waals surface area (Å²) in [6.45, 7) is 1.77. The molecular formula is C17H16ClN3O6. The lowest BCUT2D eigenvalue weighted by molar-refractivity contribution is -0.402. The molecule has 1 aliphatic heterocycles. The molecule has 2 aromatic rings. The van der Waals surface area contributed by atoms with Crippen LogP contribution in [0.3, 0.4) is 0 Å². The number of carbonyl (C=O) groups is 2. The van der Waals surface area contributed by atoms with Gasteiger partial charge in [0.2, 0.25) is 5.76 Å². The van der Waals surface area contributed by atoms with Crippen LogP contribution in [0.25, 0.3) is 0 Å². The fraction of sp³-hybridized carbons (Fsp3) is 0.294. The Morgan fingerprint density at radius 1 is 1.19 bits per heavy atom. The Morgan fingerprint density at radius 2 is 1.93 bits per heavy atom. The normalized spacial score (nSPS) is 14.1. The second kappa shape index (κ2) is 8.09. The maximum absolute atomic E-state index is 12.2. The SMILES string of the molecule is O=C(OCC(=O)N1CCN(c2cccc(Cl)c2)CC1)c1ccc([N+](=O)[O-])o1. The Balaban J connectivity index is 1.48. The Bertz CT molecular complexity index is 860. The molecule has 0 atom stereocenters. The van der Waals surface area contributed by atoms with E-state index in [0.29, 0.717) is 31.2 Å². The Kier molecular flexibility index (Phi) is 5.60. The first-order valence-corrected chi connectivity index (χ1v) is 8.51. The second-order valence-electron chi connectivity index (χ2n) is 5.82. The Labute approximate surface area is 159 Å². The highest BCUT2D eigenvalue weighted by atomic mass is 35.5. The highest BCUT2D eigenvalue weighted by molar-refractivity contribution is 6.30. The van der Waals surface area contributed by atoms with Crippen molar-refractivity contribution < 1.29 is 23.7 Å². The molecule has 27 heavy (non-hydrogen) atoms. The summed E-state index contributed by atoms with van der Waals surface area (Å²) in [6, 6.07) is 9.67. The molecule has 3 rings (SSSR count). The highest BCUT2D eigenvalue weighted by Crippen LogP contribution is 2.21. The van der Waals surface area contributed by atoms with Gasteiger partial charge in [-0.3, -0.25) is 14.9 Å². The van der Waals surface area contributed by atoms with Crippen molar-refractivity contribution in [3.63, 3.8) is 0 Å². The van der Waals surface area contributed by atoms with E-state index in [1.807, 2.05) is 18.2 Å². The number of hydrogen-bond acceptors (Lipinski definition) is 7. The molecule has 0 radical (unpaired) electrons. The number of hydrogen-bond donors (Lipinski definition) is 0. The standard InChI is InChI=1S/C17H16ClN3O6/c18-12-2-1-3-13(10-12)19-6-8-20(9-7-19)15(22)11-26-17(23)14-4-5-16(27-14)21(24)25/h1-5,10H,6-9,11H2. The van der Waals surface area contributed by atoms with E-state index in [1.54, 1.807) is 11.0 Å². The molecule has 1 saturated heterocycles. The fourth-order valence-corrected chi connectivity index (χ4v) is 2.90. The third kappa shape index (κ3) is 4.56. The van der Waals surface area contributed by atoms with Crippen molar-refractivity contribution in [2.24, 2.45) is 0 Å². The van der Waals surface area contributed by atoms with Crippen LogP contribution in [0.2, 0.25) is 5.02 Å². The van der Waals surface area contributed by atoms with Crippen molar-refractivity contribution in [2.75, 3.05) is 37.7 Å². The van der Waals surface area contributed by atoms with Crippen LogP contribution in [0.15, 0.2) is 40.8 Å². The van der Waals surface area contributed by atoms with E-state index < -0.39 is 23.4 Å². The number of benzene rings is 1. The van der Waals surface area contributed by atoms with Crippen LogP contribution >= 0.6 is 11.6 Å². The number of rotatable bonds is 5.